The van der Waals surface area contributed by atoms with Crippen molar-refractivity contribution in [2.24, 2.45) is 0 Å². The molecule has 0 saturated heterocycles. The van der Waals surface area contributed by atoms with Crippen molar-refractivity contribution in [1.82, 2.24) is 0 Å². The Bertz CT molecular complexity index is 534. The summed E-state index contributed by atoms with van der Waals surface area (Å²) in [5.41, 5.74) is -0.648. The average Bonchev–Trinajstić information content (AvgIpc) is 2.37. The van der Waals surface area contributed by atoms with Crippen LogP contribution in [0.4, 0.5) is 0 Å². The van der Waals surface area contributed by atoms with Gasteiger partial charge < -0.3 is 19.5 Å². The van der Waals surface area contributed by atoms with Crippen LogP contribution in [0.5, 0.6) is 0 Å². The van der Waals surface area contributed by atoms with Gasteiger partial charge in [0.1, 0.15) is 0 Å². The molecule has 0 radical (unpaired) electrons. The van der Waals surface area contributed by atoms with Gasteiger partial charge in [-0.25, -0.2) is 4.79 Å². The predicted molar refractivity (Wildman–Crippen MR) is 86.2 cm³/mol. The van der Waals surface area contributed by atoms with Crippen molar-refractivity contribution in [3.63, 3.8) is 0 Å². The number of esters is 1. The van der Waals surface area contributed by atoms with Crippen LogP contribution in [0.3, 0.4) is 0 Å². The van der Waals surface area contributed by atoms with Crippen LogP contribution in [-0.4, -0.2) is 41.0 Å². The van der Waals surface area contributed by atoms with Crippen LogP contribution in [-0.2, 0) is 9.39 Å². The van der Waals surface area contributed by atoms with E-state index in [2.05, 4.69) is 0 Å². The highest BCUT2D eigenvalue weighted by atomic mass is 16.5. The number of ether oxygens (including phenoxy) is 1. The molecule has 0 fully saturated rings. The lowest BCUT2D eigenvalue weighted by Gasteiger charge is -2.38. The molecule has 0 unspecified atom stereocenters. The van der Waals surface area contributed by atoms with Gasteiger partial charge in [-0.3, -0.25) is 0 Å². The van der Waals surface area contributed by atoms with Gasteiger partial charge in [-0.05, 0) is 58.6 Å². The zero-order valence-corrected chi connectivity index (χ0v) is 14.1. The van der Waals surface area contributed by atoms with E-state index >= 15 is 0 Å². The maximum Gasteiger partial charge on any atom is 0.491 e. The van der Waals surface area contributed by atoms with Crippen LogP contribution in [0, 0.1) is 6.92 Å². The van der Waals surface area contributed by atoms with Crippen molar-refractivity contribution in [3.8, 4) is 0 Å². The van der Waals surface area contributed by atoms with Crippen molar-refractivity contribution in [2.75, 3.05) is 6.61 Å². The van der Waals surface area contributed by atoms with Gasteiger partial charge in [0.25, 0.3) is 0 Å². The molecular formula is C16H25BO5. The molecule has 0 saturated carbocycles. The second-order valence-electron chi connectivity index (χ2n) is 6.28. The van der Waals surface area contributed by atoms with Crippen molar-refractivity contribution in [3.05, 3.63) is 29.3 Å². The van der Waals surface area contributed by atoms with Crippen LogP contribution in [0.2, 0.25) is 0 Å². The van der Waals surface area contributed by atoms with Gasteiger partial charge in [-0.1, -0.05) is 12.1 Å². The van der Waals surface area contributed by atoms with E-state index in [-0.39, 0.29) is 6.61 Å². The third kappa shape index (κ3) is 4.09. The van der Waals surface area contributed by atoms with Gasteiger partial charge in [-0.2, -0.15) is 0 Å². The van der Waals surface area contributed by atoms with E-state index in [0.29, 0.717) is 16.6 Å². The summed E-state index contributed by atoms with van der Waals surface area (Å²) in [4.78, 5) is 11.9. The molecule has 2 N–H and O–H groups in total. The van der Waals surface area contributed by atoms with Gasteiger partial charge in [-0.15, -0.1) is 0 Å². The molecule has 0 bridgehead atoms. The molecule has 22 heavy (non-hydrogen) atoms. The Morgan fingerprint density at radius 1 is 1.27 bits per heavy atom. The minimum Gasteiger partial charge on any atom is -0.462 e. The molecule has 122 valence electrons. The lowest BCUT2D eigenvalue weighted by Crippen LogP contribution is -2.53. The van der Waals surface area contributed by atoms with E-state index in [1.165, 1.54) is 0 Å². The lowest BCUT2D eigenvalue weighted by molar-refractivity contribution is -0.0982. The summed E-state index contributed by atoms with van der Waals surface area (Å²) in [5.74, 6) is -0.434. The Labute approximate surface area is 132 Å². The molecular weight excluding hydrogens is 283 g/mol. The maximum absolute atomic E-state index is 11.9. The van der Waals surface area contributed by atoms with Crippen LogP contribution >= 0.6 is 0 Å². The summed E-state index contributed by atoms with van der Waals surface area (Å²) < 4.78 is 10.6. The standard InChI is InChI=1S/C16H25BO5/c1-7-21-14(18)12-9-8-10-13(11(12)2)17(20)22-16(5,6)15(3,4)19/h8-10,19-20H,7H2,1-6H3. The number of carbonyl (C=O) groups excluding carboxylic acids is 1. The van der Waals surface area contributed by atoms with Crippen molar-refractivity contribution in [2.45, 2.75) is 52.7 Å². The number of rotatable bonds is 6. The summed E-state index contributed by atoms with van der Waals surface area (Å²) in [7, 11) is -1.25. The fourth-order valence-electron chi connectivity index (χ4n) is 1.84. The van der Waals surface area contributed by atoms with E-state index in [9.17, 15) is 14.9 Å². The Balaban J connectivity index is 3.07. The molecule has 6 heteroatoms. The molecule has 0 aliphatic rings. The summed E-state index contributed by atoms with van der Waals surface area (Å²) in [6, 6.07) is 4.99. The first-order valence-corrected chi connectivity index (χ1v) is 7.36. The first-order chi connectivity index (χ1) is 10.0. The van der Waals surface area contributed by atoms with Crippen molar-refractivity contribution in [1.29, 1.82) is 0 Å². The fraction of sp³-hybridized carbons (Fsp3) is 0.562. The van der Waals surface area contributed by atoms with E-state index in [1.807, 2.05) is 0 Å². The van der Waals surface area contributed by atoms with E-state index in [4.69, 9.17) is 9.39 Å². The van der Waals surface area contributed by atoms with Gasteiger partial charge in [0.05, 0.1) is 23.4 Å². The molecule has 0 aromatic heterocycles. The Morgan fingerprint density at radius 3 is 2.36 bits per heavy atom. The average molecular weight is 308 g/mol. The zero-order valence-electron chi connectivity index (χ0n) is 14.1. The quantitative estimate of drug-likeness (QED) is 0.614. The minimum atomic E-state index is -1.25. The van der Waals surface area contributed by atoms with E-state index < -0.39 is 24.3 Å². The number of carbonyl (C=O) groups is 1. The molecule has 0 aliphatic carbocycles. The Hall–Kier alpha value is -1.37. The SMILES string of the molecule is CCOC(=O)c1cccc(B(O)OC(C)(C)C(C)(C)O)c1C. The molecule has 0 heterocycles. The zero-order chi connectivity index (χ0) is 17.1. The van der Waals surface area contributed by atoms with E-state index in [0.717, 1.165) is 0 Å². The van der Waals surface area contributed by atoms with Crippen LogP contribution < -0.4 is 5.46 Å². The fourth-order valence-corrected chi connectivity index (χ4v) is 1.84. The van der Waals surface area contributed by atoms with Crippen molar-refractivity contribution >= 4 is 18.6 Å². The van der Waals surface area contributed by atoms with Gasteiger partial charge in [0.15, 0.2) is 0 Å². The predicted octanol–water partition coefficient (Wildman–Crippen LogP) is 1.43. The highest BCUT2D eigenvalue weighted by Crippen LogP contribution is 2.25. The molecule has 1 aromatic rings. The van der Waals surface area contributed by atoms with Gasteiger partial charge >= 0.3 is 13.1 Å². The summed E-state index contributed by atoms with van der Waals surface area (Å²) >= 11 is 0. The Kier molecular flexibility index (Phi) is 5.79. The highest BCUT2D eigenvalue weighted by Gasteiger charge is 2.40. The van der Waals surface area contributed by atoms with Crippen LogP contribution in [0.15, 0.2) is 18.2 Å². The topological polar surface area (TPSA) is 76.0 Å². The first kappa shape index (κ1) is 18.7. The minimum absolute atomic E-state index is 0.285. The number of benzene rings is 1. The highest BCUT2D eigenvalue weighted by molar-refractivity contribution is 6.60. The summed E-state index contributed by atoms with van der Waals surface area (Å²) in [5, 5.41) is 20.5. The molecule has 1 rings (SSSR count). The third-order valence-electron chi connectivity index (χ3n) is 4.02. The second-order valence-corrected chi connectivity index (χ2v) is 6.28. The van der Waals surface area contributed by atoms with E-state index in [1.54, 1.807) is 59.7 Å². The number of hydrogen-bond acceptors (Lipinski definition) is 5. The smallest absolute Gasteiger partial charge is 0.462 e. The maximum atomic E-state index is 11.9. The lowest BCUT2D eigenvalue weighted by atomic mass is 9.73. The number of hydrogen-bond donors (Lipinski definition) is 2. The third-order valence-corrected chi connectivity index (χ3v) is 4.02. The Morgan fingerprint density at radius 2 is 1.86 bits per heavy atom. The number of aliphatic hydroxyl groups is 1. The molecule has 0 amide bonds. The first-order valence-electron chi connectivity index (χ1n) is 7.36. The van der Waals surface area contributed by atoms with Crippen molar-refractivity contribution < 1.29 is 24.3 Å². The molecule has 0 atom stereocenters. The van der Waals surface area contributed by atoms with Gasteiger partial charge in [0.2, 0.25) is 0 Å². The normalized spacial score (nSPS) is 12.2. The molecule has 5 nitrogen and oxygen atoms in total. The summed E-state index contributed by atoms with van der Waals surface area (Å²) in [6.45, 7) is 10.4. The largest absolute Gasteiger partial charge is 0.491 e. The van der Waals surface area contributed by atoms with Crippen LogP contribution in [0.25, 0.3) is 0 Å². The van der Waals surface area contributed by atoms with Crippen LogP contribution in [0.1, 0.15) is 50.5 Å². The molecule has 0 spiro atoms. The van der Waals surface area contributed by atoms with Gasteiger partial charge in [0, 0.05) is 0 Å². The molecule has 1 aromatic carbocycles. The second kappa shape index (κ2) is 6.81. The molecule has 0 aliphatic heterocycles. The summed E-state index contributed by atoms with van der Waals surface area (Å²) in [6.07, 6.45) is 0. The monoisotopic (exact) mass is 308 g/mol.